The Morgan fingerprint density at radius 2 is 2.33 bits per heavy atom. The molecule has 1 aliphatic heterocycles. The summed E-state index contributed by atoms with van der Waals surface area (Å²) in [6, 6.07) is 5.51. The van der Waals surface area contributed by atoms with Gasteiger partial charge in [0.15, 0.2) is 0 Å². The average Bonchev–Trinajstić information content (AvgIpc) is 2.36. The molecule has 0 bridgehead atoms. The van der Waals surface area contributed by atoms with Crippen LogP contribution in [-0.2, 0) is 9.53 Å². The minimum atomic E-state index is -0.119. The number of carbonyl (C=O) groups is 1. The molecule has 1 unspecified atom stereocenters. The first-order chi connectivity index (χ1) is 8.63. The molecule has 1 fully saturated rings. The van der Waals surface area contributed by atoms with E-state index in [-0.39, 0.29) is 25.2 Å². The molecule has 98 valence electrons. The Morgan fingerprint density at radius 1 is 1.56 bits per heavy atom. The van der Waals surface area contributed by atoms with Gasteiger partial charge in [0.25, 0.3) is 5.91 Å². The van der Waals surface area contributed by atoms with E-state index in [0.717, 1.165) is 11.3 Å². The molecule has 1 saturated heterocycles. The van der Waals surface area contributed by atoms with Gasteiger partial charge in [-0.15, -0.1) is 0 Å². The van der Waals surface area contributed by atoms with Crippen molar-refractivity contribution >= 4 is 23.2 Å². The Morgan fingerprint density at radius 3 is 3.06 bits per heavy atom. The van der Waals surface area contributed by atoms with Crippen molar-refractivity contribution in [3.05, 3.63) is 28.8 Å². The quantitative estimate of drug-likeness (QED) is 0.910. The van der Waals surface area contributed by atoms with Crippen molar-refractivity contribution in [2.75, 3.05) is 24.7 Å². The first kappa shape index (κ1) is 13.3. The molecule has 4 nitrogen and oxygen atoms in total. The molecule has 18 heavy (non-hydrogen) atoms. The normalized spacial score (nSPS) is 20.3. The van der Waals surface area contributed by atoms with Crippen LogP contribution < -0.4 is 4.90 Å². The maximum Gasteiger partial charge on any atom is 0.253 e. The number of aliphatic hydroxyl groups is 1. The standard InChI is InChI=1S/C13H16ClNO3/c1-9-11(14)3-2-4-12(9)15-7-10(5-6-16)18-8-13(15)17/h2-4,10,16H,5-8H2,1H3. The second-order valence-electron chi connectivity index (χ2n) is 4.33. The number of carbonyl (C=O) groups excluding carboxylic acids is 1. The average molecular weight is 270 g/mol. The molecule has 2 rings (SSSR count). The van der Waals surface area contributed by atoms with Gasteiger partial charge in [0.1, 0.15) is 6.61 Å². The number of anilines is 1. The molecule has 0 aromatic heterocycles. The van der Waals surface area contributed by atoms with Crippen LogP contribution in [0, 0.1) is 6.92 Å². The smallest absolute Gasteiger partial charge is 0.253 e. The van der Waals surface area contributed by atoms with Crippen molar-refractivity contribution in [3.63, 3.8) is 0 Å². The summed E-state index contributed by atoms with van der Waals surface area (Å²) in [6.45, 7) is 2.46. The largest absolute Gasteiger partial charge is 0.396 e. The molecular formula is C13H16ClNO3. The lowest BCUT2D eigenvalue weighted by molar-refractivity contribution is -0.129. The van der Waals surface area contributed by atoms with Gasteiger partial charge in [0.2, 0.25) is 0 Å². The van der Waals surface area contributed by atoms with Crippen molar-refractivity contribution in [1.82, 2.24) is 0 Å². The van der Waals surface area contributed by atoms with Crippen LogP contribution in [0.5, 0.6) is 0 Å². The molecule has 5 heteroatoms. The van der Waals surface area contributed by atoms with Crippen LogP contribution in [0.4, 0.5) is 5.69 Å². The van der Waals surface area contributed by atoms with Gasteiger partial charge in [0.05, 0.1) is 12.6 Å². The maximum atomic E-state index is 11.9. The third-order valence-electron chi connectivity index (χ3n) is 3.11. The molecule has 1 N–H and O–H groups in total. The van der Waals surface area contributed by atoms with E-state index in [1.165, 1.54) is 0 Å². The van der Waals surface area contributed by atoms with Crippen molar-refractivity contribution in [2.45, 2.75) is 19.4 Å². The molecule has 1 aromatic carbocycles. The van der Waals surface area contributed by atoms with Crippen molar-refractivity contribution in [1.29, 1.82) is 0 Å². The van der Waals surface area contributed by atoms with Crippen LogP contribution in [0.15, 0.2) is 18.2 Å². The zero-order valence-corrected chi connectivity index (χ0v) is 11.0. The van der Waals surface area contributed by atoms with Gasteiger partial charge in [-0.05, 0) is 31.0 Å². The van der Waals surface area contributed by atoms with Crippen LogP contribution in [0.1, 0.15) is 12.0 Å². The molecule has 0 spiro atoms. The van der Waals surface area contributed by atoms with E-state index in [0.29, 0.717) is 18.0 Å². The molecule has 0 radical (unpaired) electrons. The van der Waals surface area contributed by atoms with E-state index in [1.807, 2.05) is 19.1 Å². The van der Waals surface area contributed by atoms with E-state index in [2.05, 4.69) is 0 Å². The van der Waals surface area contributed by atoms with Crippen molar-refractivity contribution in [2.24, 2.45) is 0 Å². The maximum absolute atomic E-state index is 11.9. The number of benzene rings is 1. The minimum Gasteiger partial charge on any atom is -0.396 e. The fourth-order valence-electron chi connectivity index (χ4n) is 2.07. The van der Waals surface area contributed by atoms with Gasteiger partial charge in [-0.1, -0.05) is 17.7 Å². The molecular weight excluding hydrogens is 254 g/mol. The monoisotopic (exact) mass is 269 g/mol. The Labute approximate surface area is 111 Å². The summed E-state index contributed by atoms with van der Waals surface area (Å²) in [5.74, 6) is -0.0745. The summed E-state index contributed by atoms with van der Waals surface area (Å²) in [4.78, 5) is 13.6. The number of hydrogen-bond acceptors (Lipinski definition) is 3. The highest BCUT2D eigenvalue weighted by atomic mass is 35.5. The lowest BCUT2D eigenvalue weighted by Gasteiger charge is -2.33. The lowest BCUT2D eigenvalue weighted by atomic mass is 10.1. The van der Waals surface area contributed by atoms with E-state index >= 15 is 0 Å². The second-order valence-corrected chi connectivity index (χ2v) is 4.74. The van der Waals surface area contributed by atoms with Gasteiger partial charge < -0.3 is 14.7 Å². The number of rotatable bonds is 3. The van der Waals surface area contributed by atoms with Gasteiger partial charge in [-0.25, -0.2) is 0 Å². The van der Waals surface area contributed by atoms with E-state index in [4.69, 9.17) is 21.4 Å². The summed E-state index contributed by atoms with van der Waals surface area (Å²) in [6.07, 6.45) is 0.412. The number of hydrogen-bond donors (Lipinski definition) is 1. The fraction of sp³-hybridized carbons (Fsp3) is 0.462. The SMILES string of the molecule is Cc1c(Cl)cccc1N1CC(CCO)OCC1=O. The van der Waals surface area contributed by atoms with Crippen molar-refractivity contribution in [3.8, 4) is 0 Å². The van der Waals surface area contributed by atoms with E-state index < -0.39 is 0 Å². The summed E-state index contributed by atoms with van der Waals surface area (Å²) >= 11 is 6.07. The van der Waals surface area contributed by atoms with Crippen LogP contribution in [0.3, 0.4) is 0 Å². The van der Waals surface area contributed by atoms with E-state index in [9.17, 15) is 4.79 Å². The Balaban J connectivity index is 2.24. The zero-order valence-electron chi connectivity index (χ0n) is 10.2. The predicted octanol–water partition coefficient (Wildman–Crippen LogP) is 1.76. The molecule has 1 aromatic rings. The number of amides is 1. The third-order valence-corrected chi connectivity index (χ3v) is 3.52. The molecule has 1 atom stereocenters. The van der Waals surface area contributed by atoms with Gasteiger partial charge in [-0.2, -0.15) is 0 Å². The summed E-state index contributed by atoms with van der Waals surface area (Å²) in [5.41, 5.74) is 1.70. The number of nitrogens with zero attached hydrogens (tertiary/aromatic N) is 1. The van der Waals surface area contributed by atoms with Crippen LogP contribution in [0.2, 0.25) is 5.02 Å². The first-order valence-corrected chi connectivity index (χ1v) is 6.29. The van der Waals surface area contributed by atoms with Crippen LogP contribution in [-0.4, -0.2) is 36.9 Å². The Hall–Kier alpha value is -1.10. The summed E-state index contributed by atoms with van der Waals surface area (Å²) in [7, 11) is 0. The molecule has 1 aliphatic rings. The van der Waals surface area contributed by atoms with Crippen LogP contribution >= 0.6 is 11.6 Å². The van der Waals surface area contributed by atoms with Gasteiger partial charge in [0, 0.05) is 17.3 Å². The predicted molar refractivity (Wildman–Crippen MR) is 70.0 cm³/mol. The lowest BCUT2D eigenvalue weighted by Crippen LogP contribution is -2.47. The highest BCUT2D eigenvalue weighted by Crippen LogP contribution is 2.28. The zero-order chi connectivity index (χ0) is 13.1. The molecule has 0 saturated carbocycles. The van der Waals surface area contributed by atoms with Gasteiger partial charge >= 0.3 is 0 Å². The number of ether oxygens (including phenoxy) is 1. The fourth-order valence-corrected chi connectivity index (χ4v) is 2.23. The molecule has 1 amide bonds. The second kappa shape index (κ2) is 5.69. The van der Waals surface area contributed by atoms with Crippen LogP contribution in [0.25, 0.3) is 0 Å². The van der Waals surface area contributed by atoms with E-state index in [1.54, 1.807) is 11.0 Å². The highest BCUT2D eigenvalue weighted by Gasteiger charge is 2.28. The summed E-state index contributed by atoms with van der Waals surface area (Å²) in [5, 5.41) is 9.58. The first-order valence-electron chi connectivity index (χ1n) is 5.91. The number of halogens is 1. The third kappa shape index (κ3) is 2.66. The Kier molecular flexibility index (Phi) is 4.22. The number of morpholine rings is 1. The minimum absolute atomic E-state index is 0.0522. The topological polar surface area (TPSA) is 49.8 Å². The highest BCUT2D eigenvalue weighted by molar-refractivity contribution is 6.31. The van der Waals surface area contributed by atoms with Crippen molar-refractivity contribution < 1.29 is 14.6 Å². The number of aliphatic hydroxyl groups excluding tert-OH is 1. The Bertz CT molecular complexity index is 450. The molecule has 1 heterocycles. The summed E-state index contributed by atoms with van der Waals surface area (Å²) < 4.78 is 5.37. The molecule has 0 aliphatic carbocycles. The van der Waals surface area contributed by atoms with Gasteiger partial charge in [-0.3, -0.25) is 4.79 Å².